The monoisotopic (exact) mass is 584 g/mol. The van der Waals surface area contributed by atoms with Gasteiger partial charge in [0.25, 0.3) is 0 Å². The number of hydrogen-bond acceptors (Lipinski definition) is 2. The molecule has 2 aromatic heterocycles. The Labute approximate surface area is 248 Å². The summed E-state index contributed by atoms with van der Waals surface area (Å²) in [7, 11) is 0. The van der Waals surface area contributed by atoms with Crippen molar-refractivity contribution in [1.82, 2.24) is 9.13 Å². The average Bonchev–Trinajstić information content (AvgIpc) is 3.51. The molecule has 0 fully saturated rings. The zero-order valence-electron chi connectivity index (χ0n) is 22.8. The zero-order chi connectivity index (χ0) is 30.1. The first-order valence-corrected chi connectivity index (χ1v) is 13.9. The first kappa shape index (κ1) is 26.0. The summed E-state index contributed by atoms with van der Waals surface area (Å²) in [6.07, 6.45) is 4.90. The first-order valence-electron chi connectivity index (χ1n) is 13.9. The van der Waals surface area contributed by atoms with Crippen LogP contribution in [0.25, 0.3) is 49.3 Å². The Morgan fingerprint density at radius 1 is 0.614 bits per heavy atom. The molecule has 0 amide bonds. The van der Waals surface area contributed by atoms with Crippen LogP contribution < -0.4 is 0 Å². The summed E-state index contributed by atoms with van der Waals surface area (Å²) in [6, 6.07) is 25.2. The molecule has 0 bridgehead atoms. The number of nitrogens with zero attached hydrogens (tertiary/aromatic N) is 4. The number of aromatic nitrogens is 2. The molecule has 1 aliphatic rings. The van der Waals surface area contributed by atoms with Gasteiger partial charge in [0.05, 0.1) is 39.4 Å². The molecule has 5 aromatic carbocycles. The van der Waals surface area contributed by atoms with E-state index in [1.54, 1.807) is 42.6 Å². The van der Waals surface area contributed by atoms with E-state index in [9.17, 15) is 22.8 Å². The number of benzene rings is 5. The summed E-state index contributed by atoms with van der Waals surface area (Å²) in [6.45, 7) is 0. The molecule has 212 valence electrons. The Morgan fingerprint density at radius 3 is 1.64 bits per heavy atom. The summed E-state index contributed by atoms with van der Waals surface area (Å²) in [5.41, 5.74) is 4.56. The second-order valence-corrected chi connectivity index (χ2v) is 10.9. The highest BCUT2D eigenvalue weighted by Gasteiger charge is 2.30. The van der Waals surface area contributed by atoms with Crippen molar-refractivity contribution in [2.24, 2.45) is 4.99 Å². The van der Waals surface area contributed by atoms with Crippen LogP contribution in [0.1, 0.15) is 23.2 Å². The lowest BCUT2D eigenvalue weighted by atomic mass is 9.90. The van der Waals surface area contributed by atoms with Gasteiger partial charge in [-0.25, -0.2) is 17.6 Å². The number of fused-ring (bicyclic) bond motifs is 6. The van der Waals surface area contributed by atoms with Crippen LogP contribution in [0.15, 0.2) is 108 Å². The van der Waals surface area contributed by atoms with Crippen LogP contribution in [0, 0.1) is 34.6 Å². The first-order chi connectivity index (χ1) is 21.4. The zero-order valence-corrected chi connectivity index (χ0v) is 22.8. The van der Waals surface area contributed by atoms with Crippen LogP contribution in [0.5, 0.6) is 0 Å². The third kappa shape index (κ3) is 3.86. The Balaban J connectivity index is 1.42. The minimum Gasteiger partial charge on any atom is -0.317 e. The molecule has 44 heavy (non-hydrogen) atoms. The van der Waals surface area contributed by atoms with E-state index in [4.69, 9.17) is 4.99 Å². The third-order valence-electron chi connectivity index (χ3n) is 8.40. The normalized spacial score (nSPS) is 16.4. The molecule has 0 saturated heterocycles. The number of hydrogen-bond donors (Lipinski definition) is 0. The van der Waals surface area contributed by atoms with Gasteiger partial charge in [-0.15, -0.1) is 0 Å². The molecule has 0 radical (unpaired) electrons. The molecule has 0 N–H and O–H groups in total. The fourth-order valence-electron chi connectivity index (χ4n) is 6.60. The second kappa shape index (κ2) is 9.68. The summed E-state index contributed by atoms with van der Waals surface area (Å²) in [5, 5.41) is 12.1. The Kier molecular flexibility index (Phi) is 5.72. The molecule has 7 aromatic rings. The van der Waals surface area contributed by atoms with E-state index in [0.717, 1.165) is 5.56 Å². The third-order valence-corrected chi connectivity index (χ3v) is 8.40. The van der Waals surface area contributed by atoms with Crippen molar-refractivity contribution >= 4 is 49.8 Å². The number of aliphatic imine (C=N–C) groups is 1. The molecule has 8 rings (SSSR count). The van der Waals surface area contributed by atoms with E-state index in [1.165, 1.54) is 48.5 Å². The van der Waals surface area contributed by atoms with Crippen LogP contribution in [0.3, 0.4) is 0 Å². The van der Waals surface area contributed by atoms with Crippen molar-refractivity contribution in [3.05, 3.63) is 138 Å². The number of halogens is 4. The van der Waals surface area contributed by atoms with E-state index in [-0.39, 0.29) is 0 Å². The second-order valence-electron chi connectivity index (χ2n) is 10.9. The highest BCUT2D eigenvalue weighted by atomic mass is 19.1. The van der Waals surface area contributed by atoms with E-state index < -0.39 is 35.4 Å². The quantitative estimate of drug-likeness (QED) is 0.191. The van der Waals surface area contributed by atoms with Crippen molar-refractivity contribution in [2.45, 2.75) is 12.1 Å². The highest BCUT2D eigenvalue weighted by molar-refractivity contribution is 6.10. The molecule has 0 saturated carbocycles. The summed E-state index contributed by atoms with van der Waals surface area (Å²) < 4.78 is 61.7. The Bertz CT molecular complexity index is 2310. The number of allylic oxidation sites excluding steroid dienone is 1. The van der Waals surface area contributed by atoms with Crippen LogP contribution in [-0.4, -0.2) is 15.3 Å². The van der Waals surface area contributed by atoms with Crippen molar-refractivity contribution in [1.29, 1.82) is 5.26 Å². The maximum absolute atomic E-state index is 14.4. The van der Waals surface area contributed by atoms with Crippen LogP contribution in [0.4, 0.5) is 17.6 Å². The van der Waals surface area contributed by atoms with Gasteiger partial charge in [-0.3, -0.25) is 4.99 Å². The molecule has 8 heteroatoms. The van der Waals surface area contributed by atoms with E-state index in [0.29, 0.717) is 54.9 Å². The van der Waals surface area contributed by atoms with Gasteiger partial charge in [0.2, 0.25) is 0 Å². The van der Waals surface area contributed by atoms with Gasteiger partial charge in [0.15, 0.2) is 0 Å². The van der Waals surface area contributed by atoms with Crippen molar-refractivity contribution < 1.29 is 17.6 Å². The van der Waals surface area contributed by atoms with Gasteiger partial charge in [-0.2, -0.15) is 5.26 Å². The molecular formula is C36H20F4N4. The SMILES string of the molecule is N#Cc1ccc(-n2c3ccc(F)cc3c3cc(F)ccc32)c(C2C=CC=NC2n2c3ccc(F)cc3c3cc(F)ccc32)c1. The fourth-order valence-corrected chi connectivity index (χ4v) is 6.60. The van der Waals surface area contributed by atoms with Gasteiger partial charge in [0, 0.05) is 33.7 Å². The predicted octanol–water partition coefficient (Wildman–Crippen LogP) is 9.24. The summed E-state index contributed by atoms with van der Waals surface area (Å²) in [5.74, 6) is -2.19. The van der Waals surface area contributed by atoms with E-state index in [1.807, 2.05) is 27.4 Å². The lowest BCUT2D eigenvalue weighted by Crippen LogP contribution is -2.19. The fraction of sp³-hybridized carbons (Fsp3) is 0.0556. The minimum atomic E-state index is -0.591. The molecular weight excluding hydrogens is 564 g/mol. The molecule has 4 nitrogen and oxygen atoms in total. The van der Waals surface area contributed by atoms with Crippen LogP contribution in [0.2, 0.25) is 0 Å². The summed E-state index contributed by atoms with van der Waals surface area (Å²) >= 11 is 0. The highest BCUT2D eigenvalue weighted by Crippen LogP contribution is 2.44. The van der Waals surface area contributed by atoms with Gasteiger partial charge < -0.3 is 9.13 Å². The lowest BCUT2D eigenvalue weighted by molar-refractivity contribution is 0.501. The standard InChI is InChI=1S/C36H20F4N4/c37-21-4-9-32-27(15-21)28-16-22(38)5-10-33(28)43(32)31-8-3-20(19-41)14-26(31)25-2-1-13-42-36(25)44-34-11-6-23(39)17-29(34)30-18-24(40)7-12-35(30)44/h1-18,25,36H. The number of rotatable bonds is 3. The molecule has 2 unspecified atom stereocenters. The van der Waals surface area contributed by atoms with Gasteiger partial charge in [-0.05, 0) is 103 Å². The van der Waals surface area contributed by atoms with Crippen molar-refractivity contribution in [3.8, 4) is 11.8 Å². The predicted molar refractivity (Wildman–Crippen MR) is 164 cm³/mol. The molecule has 3 heterocycles. The molecule has 0 aliphatic carbocycles. The smallest absolute Gasteiger partial charge is 0.135 e. The van der Waals surface area contributed by atoms with Gasteiger partial charge in [-0.1, -0.05) is 6.08 Å². The Morgan fingerprint density at radius 2 is 1.11 bits per heavy atom. The van der Waals surface area contributed by atoms with Crippen molar-refractivity contribution in [2.75, 3.05) is 0 Å². The van der Waals surface area contributed by atoms with Crippen molar-refractivity contribution in [3.63, 3.8) is 0 Å². The van der Waals surface area contributed by atoms with E-state index in [2.05, 4.69) is 6.07 Å². The molecule has 2 atom stereocenters. The molecule has 0 spiro atoms. The maximum atomic E-state index is 14.4. The average molecular weight is 585 g/mol. The van der Waals surface area contributed by atoms with Crippen LogP contribution in [-0.2, 0) is 0 Å². The topological polar surface area (TPSA) is 46.0 Å². The maximum Gasteiger partial charge on any atom is 0.135 e. The number of dihydropyridines is 1. The van der Waals surface area contributed by atoms with Gasteiger partial charge >= 0.3 is 0 Å². The largest absolute Gasteiger partial charge is 0.317 e. The lowest BCUT2D eigenvalue weighted by Gasteiger charge is -2.29. The van der Waals surface area contributed by atoms with Crippen LogP contribution >= 0.6 is 0 Å². The Hall–Kier alpha value is -5.68. The van der Waals surface area contributed by atoms with Gasteiger partial charge in [0.1, 0.15) is 29.4 Å². The van der Waals surface area contributed by atoms with E-state index >= 15 is 0 Å². The minimum absolute atomic E-state index is 0.426. The number of nitriles is 1. The molecule has 1 aliphatic heterocycles. The summed E-state index contributed by atoms with van der Waals surface area (Å²) in [4.78, 5) is 4.87.